The molecule has 17 heavy (non-hydrogen) atoms. The molecular formula is C14H19NO2. The van der Waals surface area contributed by atoms with Gasteiger partial charge in [0.2, 0.25) is 0 Å². The molecule has 1 aromatic rings. The summed E-state index contributed by atoms with van der Waals surface area (Å²) in [5.74, 6) is 0.998. The standard InChI is InChI=1S/C14H19NO2/c1-4-11-5-2-8-15-14(11)13(7-1)17-12-6-3-9-16-10-12/h1,4,7,12,15H,2-3,5-6,8-10H2. The van der Waals surface area contributed by atoms with Gasteiger partial charge in [0, 0.05) is 13.2 Å². The monoisotopic (exact) mass is 233 g/mol. The summed E-state index contributed by atoms with van der Waals surface area (Å²) in [6.07, 6.45) is 4.79. The summed E-state index contributed by atoms with van der Waals surface area (Å²) in [5, 5.41) is 3.45. The van der Waals surface area contributed by atoms with E-state index in [0.29, 0.717) is 0 Å². The van der Waals surface area contributed by atoms with Crippen LogP contribution in [0.2, 0.25) is 0 Å². The van der Waals surface area contributed by atoms with Crippen LogP contribution in [0.15, 0.2) is 18.2 Å². The molecule has 2 aliphatic heterocycles. The average molecular weight is 233 g/mol. The second kappa shape index (κ2) is 4.96. The number of benzene rings is 1. The fraction of sp³-hybridized carbons (Fsp3) is 0.571. The molecule has 1 unspecified atom stereocenters. The van der Waals surface area contributed by atoms with Crippen LogP contribution in [0, 0.1) is 0 Å². The van der Waals surface area contributed by atoms with Crippen LogP contribution in [0.1, 0.15) is 24.8 Å². The number of ether oxygens (including phenoxy) is 2. The molecule has 1 fully saturated rings. The summed E-state index contributed by atoms with van der Waals surface area (Å²) in [6.45, 7) is 2.66. The maximum Gasteiger partial charge on any atom is 0.143 e. The van der Waals surface area contributed by atoms with Gasteiger partial charge in [0.1, 0.15) is 11.9 Å². The predicted octanol–water partition coefficient (Wildman–Crippen LogP) is 2.60. The highest BCUT2D eigenvalue weighted by molar-refractivity contribution is 5.63. The van der Waals surface area contributed by atoms with Crippen molar-refractivity contribution >= 4 is 5.69 Å². The van der Waals surface area contributed by atoms with Crippen LogP contribution in [0.25, 0.3) is 0 Å². The van der Waals surface area contributed by atoms with Crippen molar-refractivity contribution in [2.45, 2.75) is 31.8 Å². The van der Waals surface area contributed by atoms with Crippen LogP contribution < -0.4 is 10.1 Å². The molecule has 3 heteroatoms. The van der Waals surface area contributed by atoms with E-state index in [1.807, 2.05) is 0 Å². The molecule has 3 rings (SSSR count). The number of aryl methyl sites for hydroxylation is 1. The molecule has 0 amide bonds. The first-order chi connectivity index (χ1) is 8.43. The van der Waals surface area contributed by atoms with Gasteiger partial charge >= 0.3 is 0 Å². The van der Waals surface area contributed by atoms with E-state index in [1.54, 1.807) is 0 Å². The highest BCUT2D eigenvalue weighted by Gasteiger charge is 2.19. The van der Waals surface area contributed by atoms with Crippen molar-refractivity contribution in [2.75, 3.05) is 25.1 Å². The number of rotatable bonds is 2. The van der Waals surface area contributed by atoms with Crippen molar-refractivity contribution < 1.29 is 9.47 Å². The second-order valence-electron chi connectivity index (χ2n) is 4.78. The third-order valence-corrected chi connectivity index (χ3v) is 3.45. The van der Waals surface area contributed by atoms with Crippen molar-refractivity contribution in [3.63, 3.8) is 0 Å². The second-order valence-corrected chi connectivity index (χ2v) is 4.78. The van der Waals surface area contributed by atoms with Gasteiger partial charge in [0.05, 0.1) is 12.3 Å². The molecule has 1 atom stereocenters. The van der Waals surface area contributed by atoms with Gasteiger partial charge in [-0.3, -0.25) is 0 Å². The number of fused-ring (bicyclic) bond motifs is 1. The van der Waals surface area contributed by atoms with Crippen LogP contribution in [-0.4, -0.2) is 25.9 Å². The predicted molar refractivity (Wildman–Crippen MR) is 67.7 cm³/mol. The van der Waals surface area contributed by atoms with Crippen LogP contribution in [-0.2, 0) is 11.2 Å². The van der Waals surface area contributed by atoms with E-state index in [2.05, 4.69) is 23.5 Å². The summed E-state index contributed by atoms with van der Waals surface area (Å²) in [6, 6.07) is 6.34. The Hall–Kier alpha value is -1.22. The topological polar surface area (TPSA) is 30.5 Å². The van der Waals surface area contributed by atoms with Gasteiger partial charge in [-0.25, -0.2) is 0 Å². The fourth-order valence-corrected chi connectivity index (χ4v) is 2.56. The Labute approximate surface area is 102 Å². The van der Waals surface area contributed by atoms with E-state index in [9.17, 15) is 0 Å². The number of para-hydroxylation sites is 1. The summed E-state index contributed by atoms with van der Waals surface area (Å²) in [4.78, 5) is 0. The highest BCUT2D eigenvalue weighted by atomic mass is 16.5. The lowest BCUT2D eigenvalue weighted by atomic mass is 10.0. The molecule has 1 saturated heterocycles. The van der Waals surface area contributed by atoms with Gasteiger partial charge in [0.15, 0.2) is 0 Å². The molecule has 2 aliphatic rings. The van der Waals surface area contributed by atoms with Gasteiger partial charge in [-0.2, -0.15) is 0 Å². The van der Waals surface area contributed by atoms with Crippen LogP contribution in [0.3, 0.4) is 0 Å². The normalized spacial score (nSPS) is 23.6. The summed E-state index contributed by atoms with van der Waals surface area (Å²) >= 11 is 0. The van der Waals surface area contributed by atoms with Gasteiger partial charge in [-0.05, 0) is 37.3 Å². The fourth-order valence-electron chi connectivity index (χ4n) is 2.56. The van der Waals surface area contributed by atoms with E-state index in [0.717, 1.165) is 44.8 Å². The van der Waals surface area contributed by atoms with E-state index in [4.69, 9.17) is 9.47 Å². The quantitative estimate of drug-likeness (QED) is 0.851. The first kappa shape index (κ1) is 10.9. The molecule has 0 bridgehead atoms. The van der Waals surface area contributed by atoms with Crippen molar-refractivity contribution in [1.82, 2.24) is 0 Å². The van der Waals surface area contributed by atoms with Crippen LogP contribution in [0.4, 0.5) is 5.69 Å². The van der Waals surface area contributed by atoms with E-state index >= 15 is 0 Å². The number of hydrogen-bond acceptors (Lipinski definition) is 3. The Balaban J connectivity index is 1.77. The van der Waals surface area contributed by atoms with Crippen molar-refractivity contribution in [3.8, 4) is 5.75 Å². The largest absolute Gasteiger partial charge is 0.486 e. The number of anilines is 1. The zero-order chi connectivity index (χ0) is 11.5. The average Bonchev–Trinajstić information content (AvgIpc) is 2.40. The van der Waals surface area contributed by atoms with Gasteiger partial charge < -0.3 is 14.8 Å². The Kier molecular flexibility index (Phi) is 3.18. The van der Waals surface area contributed by atoms with Gasteiger partial charge in [-0.1, -0.05) is 12.1 Å². The molecule has 1 N–H and O–H groups in total. The number of hydrogen-bond donors (Lipinski definition) is 1. The molecule has 1 aromatic carbocycles. The third kappa shape index (κ3) is 2.39. The zero-order valence-corrected chi connectivity index (χ0v) is 10.1. The summed E-state index contributed by atoms with van der Waals surface area (Å²) < 4.78 is 11.5. The van der Waals surface area contributed by atoms with Crippen molar-refractivity contribution in [3.05, 3.63) is 23.8 Å². The molecule has 3 nitrogen and oxygen atoms in total. The zero-order valence-electron chi connectivity index (χ0n) is 10.1. The van der Waals surface area contributed by atoms with E-state index in [-0.39, 0.29) is 6.10 Å². The maximum absolute atomic E-state index is 6.07. The number of nitrogens with one attached hydrogen (secondary N) is 1. The Morgan fingerprint density at radius 3 is 3.18 bits per heavy atom. The molecular weight excluding hydrogens is 214 g/mol. The first-order valence-corrected chi connectivity index (χ1v) is 6.53. The van der Waals surface area contributed by atoms with Gasteiger partial charge in [-0.15, -0.1) is 0 Å². The molecule has 0 saturated carbocycles. The Morgan fingerprint density at radius 2 is 2.29 bits per heavy atom. The summed E-state index contributed by atoms with van der Waals surface area (Å²) in [7, 11) is 0. The van der Waals surface area contributed by atoms with Gasteiger partial charge in [0.25, 0.3) is 0 Å². The van der Waals surface area contributed by atoms with E-state index < -0.39 is 0 Å². The summed E-state index contributed by atoms with van der Waals surface area (Å²) in [5.41, 5.74) is 2.58. The minimum atomic E-state index is 0.221. The first-order valence-electron chi connectivity index (χ1n) is 6.53. The minimum absolute atomic E-state index is 0.221. The lowest BCUT2D eigenvalue weighted by molar-refractivity contribution is 0.00769. The van der Waals surface area contributed by atoms with Crippen LogP contribution >= 0.6 is 0 Å². The molecule has 0 aromatic heterocycles. The maximum atomic E-state index is 6.07. The van der Waals surface area contributed by atoms with E-state index in [1.165, 1.54) is 17.7 Å². The van der Waals surface area contributed by atoms with Crippen molar-refractivity contribution in [1.29, 1.82) is 0 Å². The highest BCUT2D eigenvalue weighted by Crippen LogP contribution is 2.33. The lowest BCUT2D eigenvalue weighted by Gasteiger charge is -2.27. The Morgan fingerprint density at radius 1 is 1.29 bits per heavy atom. The SMILES string of the molecule is c1cc2c(c(OC3CCCOC3)c1)NCCC2. The lowest BCUT2D eigenvalue weighted by Crippen LogP contribution is -2.28. The smallest absolute Gasteiger partial charge is 0.143 e. The Bertz CT molecular complexity index is 386. The molecule has 0 spiro atoms. The van der Waals surface area contributed by atoms with Crippen molar-refractivity contribution in [2.24, 2.45) is 0 Å². The van der Waals surface area contributed by atoms with Crippen LogP contribution in [0.5, 0.6) is 5.75 Å². The third-order valence-electron chi connectivity index (χ3n) is 3.45. The molecule has 92 valence electrons. The minimum Gasteiger partial charge on any atom is -0.486 e. The molecule has 0 radical (unpaired) electrons. The molecule has 0 aliphatic carbocycles. The molecule has 2 heterocycles.